The number of hydrogen-bond donors (Lipinski definition) is 1. The predicted molar refractivity (Wildman–Crippen MR) is 154 cm³/mol. The Hall–Kier alpha value is -4.04. The lowest BCUT2D eigenvalue weighted by atomic mass is 9.89. The molecule has 1 N–H and O–H groups in total. The van der Waals surface area contributed by atoms with Crippen molar-refractivity contribution in [3.63, 3.8) is 0 Å². The fourth-order valence-corrected chi connectivity index (χ4v) is 4.57. The van der Waals surface area contributed by atoms with Crippen LogP contribution in [0.25, 0.3) is 39.4 Å². The first kappa shape index (κ1) is 27.0. The van der Waals surface area contributed by atoms with Crippen molar-refractivity contribution in [1.82, 2.24) is 29.1 Å². The summed E-state index contributed by atoms with van der Waals surface area (Å²) < 4.78 is 9.35. The van der Waals surface area contributed by atoms with Gasteiger partial charge in [-0.25, -0.2) is 14.5 Å². The Bertz CT molecular complexity index is 1440. The van der Waals surface area contributed by atoms with E-state index in [-0.39, 0.29) is 6.10 Å². The van der Waals surface area contributed by atoms with Crippen molar-refractivity contribution in [3.8, 4) is 33.9 Å². The Morgan fingerprint density at radius 1 is 0.947 bits per heavy atom. The number of nitrogens with zero attached hydrogens (tertiary/aromatic N) is 6. The second-order valence-corrected chi connectivity index (χ2v) is 8.63. The summed E-state index contributed by atoms with van der Waals surface area (Å²) in [6.07, 6.45) is 11.6. The third kappa shape index (κ3) is 5.31. The third-order valence-electron chi connectivity index (χ3n) is 6.46. The molecule has 1 fully saturated rings. The maximum Gasteiger partial charge on any atom is 0.218 e. The average molecular weight is 512 g/mol. The Labute approximate surface area is 224 Å². The number of fused-ring (bicyclic) bond motifs is 1. The molecule has 0 atom stereocenters. The lowest BCUT2D eigenvalue weighted by molar-refractivity contribution is 0.0328. The number of aromatic nitrogens is 6. The van der Waals surface area contributed by atoms with Crippen molar-refractivity contribution in [2.24, 2.45) is 7.05 Å². The van der Waals surface area contributed by atoms with Crippen LogP contribution in [0.5, 0.6) is 0 Å². The molecule has 0 aliphatic heterocycles. The molecule has 5 aromatic rings. The number of pyridine rings is 1. The number of ether oxygens (including phenoxy) is 1. The monoisotopic (exact) mass is 511 g/mol. The second kappa shape index (κ2) is 12.5. The Morgan fingerprint density at radius 3 is 2.32 bits per heavy atom. The van der Waals surface area contributed by atoms with Crippen LogP contribution in [0.1, 0.15) is 40.5 Å². The molecule has 1 aliphatic carbocycles. The summed E-state index contributed by atoms with van der Waals surface area (Å²) in [5, 5.41) is 8.57. The fourth-order valence-electron chi connectivity index (χ4n) is 4.57. The Balaban J connectivity index is 0.000000804. The fraction of sp³-hybridized carbons (Fsp3) is 0.333. The Morgan fingerprint density at radius 2 is 1.68 bits per heavy atom. The lowest BCUT2D eigenvalue weighted by Crippen LogP contribution is -2.40. The predicted octanol–water partition coefficient (Wildman–Crippen LogP) is 6.50. The van der Waals surface area contributed by atoms with Gasteiger partial charge in [0.25, 0.3) is 0 Å². The van der Waals surface area contributed by atoms with Gasteiger partial charge in [0.2, 0.25) is 5.82 Å². The van der Waals surface area contributed by atoms with Gasteiger partial charge in [-0.15, -0.1) is 5.10 Å². The van der Waals surface area contributed by atoms with Crippen LogP contribution < -0.4 is 5.32 Å². The van der Waals surface area contributed by atoms with Crippen molar-refractivity contribution in [2.45, 2.75) is 52.7 Å². The van der Waals surface area contributed by atoms with Gasteiger partial charge in [0, 0.05) is 67.9 Å². The quantitative estimate of drug-likeness (QED) is 0.280. The molecule has 0 saturated heterocycles. The highest BCUT2D eigenvalue weighted by Gasteiger charge is 2.31. The molecule has 6 rings (SSSR count). The number of aryl methyl sites for hydroxylation is 1. The van der Waals surface area contributed by atoms with Crippen LogP contribution in [-0.4, -0.2) is 48.4 Å². The minimum atomic E-state index is 0.288. The Kier molecular flexibility index (Phi) is 8.86. The summed E-state index contributed by atoms with van der Waals surface area (Å²) in [7, 11) is 3.72. The maximum absolute atomic E-state index is 5.50. The molecule has 198 valence electrons. The van der Waals surface area contributed by atoms with Gasteiger partial charge in [0.05, 0.1) is 6.10 Å². The summed E-state index contributed by atoms with van der Waals surface area (Å²) in [5.41, 5.74) is 5.19. The number of hydrogen-bond acceptors (Lipinski definition) is 6. The number of nitrogens with one attached hydrogen (secondary N) is 1. The lowest BCUT2D eigenvalue weighted by Gasteiger charge is -2.35. The number of imidazole rings is 1. The first-order chi connectivity index (χ1) is 18.7. The summed E-state index contributed by atoms with van der Waals surface area (Å²) >= 11 is 0. The maximum atomic E-state index is 5.50. The van der Waals surface area contributed by atoms with Crippen LogP contribution in [0.4, 0.5) is 5.82 Å². The van der Waals surface area contributed by atoms with E-state index >= 15 is 0 Å². The molecule has 8 heteroatoms. The molecular formula is C30H37N7O. The van der Waals surface area contributed by atoms with Crippen molar-refractivity contribution in [1.29, 1.82) is 0 Å². The van der Waals surface area contributed by atoms with Crippen LogP contribution in [-0.2, 0) is 11.8 Å². The van der Waals surface area contributed by atoms with E-state index in [1.165, 1.54) is 0 Å². The standard InChI is InChI=1S/C26H25N7O.2C2H6/c1-32-12-11-28-26(32)25-30-24(29-19-13-20(14-19)34-2)23-22(17-7-4-3-5-8-17)21(16-33(23)31-25)18-9-6-10-27-15-18;2*1-2/h3-12,15-16,19-20H,13-14H2,1-2H3,(H,29,30,31);2*1-2H3. The van der Waals surface area contributed by atoms with E-state index in [1.807, 2.05) is 68.4 Å². The van der Waals surface area contributed by atoms with Gasteiger partial charge in [-0.1, -0.05) is 64.1 Å². The number of methoxy groups -OCH3 is 1. The normalized spacial score (nSPS) is 16.1. The molecule has 1 aliphatic rings. The summed E-state index contributed by atoms with van der Waals surface area (Å²) in [4.78, 5) is 13.8. The first-order valence-electron chi connectivity index (χ1n) is 13.4. The van der Waals surface area contributed by atoms with Crippen molar-refractivity contribution < 1.29 is 4.74 Å². The molecule has 0 bridgehead atoms. The molecule has 1 aromatic carbocycles. The highest BCUT2D eigenvalue weighted by atomic mass is 16.5. The van der Waals surface area contributed by atoms with Gasteiger partial charge in [-0.3, -0.25) is 4.98 Å². The van der Waals surface area contributed by atoms with E-state index in [0.717, 1.165) is 46.4 Å². The van der Waals surface area contributed by atoms with Crippen LogP contribution >= 0.6 is 0 Å². The van der Waals surface area contributed by atoms with Crippen LogP contribution in [0.3, 0.4) is 0 Å². The van der Waals surface area contributed by atoms with Crippen molar-refractivity contribution >= 4 is 11.3 Å². The molecule has 0 amide bonds. The SMILES string of the molecule is CC.CC.COC1CC(Nc2nc(-c3nccn3C)nn3cc(-c4cccnc4)c(-c4ccccc4)c23)C1. The largest absolute Gasteiger partial charge is 0.381 e. The zero-order valence-electron chi connectivity index (χ0n) is 23.1. The minimum Gasteiger partial charge on any atom is -0.381 e. The number of anilines is 1. The molecule has 4 aromatic heterocycles. The molecule has 0 spiro atoms. The van der Waals surface area contributed by atoms with E-state index in [4.69, 9.17) is 14.8 Å². The third-order valence-corrected chi connectivity index (χ3v) is 6.46. The highest BCUT2D eigenvalue weighted by Crippen LogP contribution is 2.40. The van der Waals surface area contributed by atoms with Crippen LogP contribution in [0.2, 0.25) is 0 Å². The minimum absolute atomic E-state index is 0.288. The topological polar surface area (TPSA) is 82.2 Å². The molecule has 38 heavy (non-hydrogen) atoms. The highest BCUT2D eigenvalue weighted by molar-refractivity contribution is 5.99. The number of rotatable bonds is 6. The zero-order chi connectivity index (χ0) is 27.1. The van der Waals surface area contributed by atoms with Crippen LogP contribution in [0.15, 0.2) is 73.4 Å². The molecule has 0 radical (unpaired) electrons. The van der Waals surface area contributed by atoms with Crippen LogP contribution in [0, 0.1) is 0 Å². The second-order valence-electron chi connectivity index (χ2n) is 8.63. The molecule has 0 unspecified atom stereocenters. The molecule has 1 saturated carbocycles. The summed E-state index contributed by atoms with van der Waals surface area (Å²) in [6.45, 7) is 8.00. The zero-order valence-corrected chi connectivity index (χ0v) is 23.1. The van der Waals surface area contributed by atoms with E-state index in [9.17, 15) is 0 Å². The molecular weight excluding hydrogens is 474 g/mol. The van der Waals surface area contributed by atoms with Crippen molar-refractivity contribution in [3.05, 3.63) is 73.4 Å². The number of benzene rings is 1. The van der Waals surface area contributed by atoms with Crippen molar-refractivity contribution in [2.75, 3.05) is 12.4 Å². The molecule has 4 heterocycles. The van der Waals surface area contributed by atoms with Gasteiger partial charge >= 0.3 is 0 Å². The van der Waals surface area contributed by atoms with Gasteiger partial charge < -0.3 is 14.6 Å². The van der Waals surface area contributed by atoms with E-state index in [0.29, 0.717) is 17.7 Å². The summed E-state index contributed by atoms with van der Waals surface area (Å²) in [5.74, 6) is 2.07. The van der Waals surface area contributed by atoms with Gasteiger partial charge in [-0.2, -0.15) is 0 Å². The van der Waals surface area contributed by atoms with Gasteiger partial charge in [0.15, 0.2) is 11.6 Å². The van der Waals surface area contributed by atoms with E-state index in [1.54, 1.807) is 19.5 Å². The average Bonchev–Trinajstić information content (AvgIpc) is 3.57. The molecule has 8 nitrogen and oxygen atoms in total. The van der Waals surface area contributed by atoms with Gasteiger partial charge in [-0.05, 0) is 24.5 Å². The van der Waals surface area contributed by atoms with Gasteiger partial charge in [0.1, 0.15) is 5.52 Å². The smallest absolute Gasteiger partial charge is 0.218 e. The van der Waals surface area contributed by atoms with E-state index < -0.39 is 0 Å². The first-order valence-corrected chi connectivity index (χ1v) is 13.4. The van der Waals surface area contributed by atoms with E-state index in [2.05, 4.69) is 51.8 Å². The summed E-state index contributed by atoms with van der Waals surface area (Å²) in [6, 6.07) is 14.7.